The van der Waals surface area contributed by atoms with Crippen LogP contribution in [-0.4, -0.2) is 22.7 Å². The van der Waals surface area contributed by atoms with Crippen molar-refractivity contribution in [2.24, 2.45) is 0 Å². The molecular weight excluding hydrogens is 338 g/mol. The Morgan fingerprint density at radius 3 is 2.59 bits per heavy atom. The first-order valence-corrected chi connectivity index (χ1v) is 9.31. The molecule has 27 heavy (non-hydrogen) atoms. The average molecular weight is 363 g/mol. The second-order valence-corrected chi connectivity index (χ2v) is 6.49. The van der Waals surface area contributed by atoms with E-state index in [-0.39, 0.29) is 11.9 Å². The van der Waals surface area contributed by atoms with Gasteiger partial charge in [-0.25, -0.2) is 0 Å². The summed E-state index contributed by atoms with van der Waals surface area (Å²) in [7, 11) is 0. The van der Waals surface area contributed by atoms with E-state index in [1.165, 1.54) is 0 Å². The lowest BCUT2D eigenvalue weighted by molar-refractivity contribution is 0.0940. The van der Waals surface area contributed by atoms with Crippen LogP contribution in [0.5, 0.6) is 5.75 Å². The van der Waals surface area contributed by atoms with Crippen LogP contribution in [0.4, 0.5) is 0 Å². The molecule has 0 saturated carbocycles. The summed E-state index contributed by atoms with van der Waals surface area (Å²) >= 11 is 0. The zero-order chi connectivity index (χ0) is 19.1. The second kappa shape index (κ2) is 9.03. The molecule has 2 N–H and O–H groups in total. The monoisotopic (exact) mass is 363 g/mol. The van der Waals surface area contributed by atoms with Crippen LogP contribution in [0.15, 0.2) is 60.8 Å². The lowest BCUT2D eigenvalue weighted by Crippen LogP contribution is -2.26. The first-order chi connectivity index (χ1) is 13.2. The number of carbonyl (C=O) groups is 1. The molecule has 3 rings (SSSR count). The van der Waals surface area contributed by atoms with E-state index in [1.807, 2.05) is 61.5 Å². The molecular formula is C22H25N3O2. The highest BCUT2D eigenvalue weighted by molar-refractivity contribution is 5.99. The van der Waals surface area contributed by atoms with Crippen LogP contribution in [0.3, 0.4) is 0 Å². The fourth-order valence-corrected chi connectivity index (χ4v) is 2.83. The average Bonchev–Trinajstić information content (AvgIpc) is 3.19. The summed E-state index contributed by atoms with van der Waals surface area (Å²) in [6.45, 7) is 4.82. The molecule has 0 unspecified atom stereocenters. The van der Waals surface area contributed by atoms with Gasteiger partial charge in [0.25, 0.3) is 5.91 Å². The molecule has 0 bridgehead atoms. The Morgan fingerprint density at radius 1 is 1.15 bits per heavy atom. The van der Waals surface area contributed by atoms with Gasteiger partial charge in [-0.05, 0) is 43.2 Å². The molecule has 1 heterocycles. The third-order valence-electron chi connectivity index (χ3n) is 4.44. The molecule has 0 aliphatic heterocycles. The lowest BCUT2D eigenvalue weighted by Gasteiger charge is -2.14. The van der Waals surface area contributed by atoms with Gasteiger partial charge in [0.1, 0.15) is 5.75 Å². The van der Waals surface area contributed by atoms with E-state index in [0.29, 0.717) is 17.9 Å². The third kappa shape index (κ3) is 4.76. The van der Waals surface area contributed by atoms with Crippen LogP contribution >= 0.6 is 0 Å². The highest BCUT2D eigenvalue weighted by atomic mass is 16.5. The number of unbranched alkanes of at least 4 members (excludes halogenated alkanes) is 1. The number of nitrogens with one attached hydrogen (secondary N) is 2. The van der Waals surface area contributed by atoms with E-state index in [0.717, 1.165) is 29.7 Å². The molecule has 0 aliphatic carbocycles. The van der Waals surface area contributed by atoms with E-state index < -0.39 is 0 Å². The maximum atomic E-state index is 12.7. The summed E-state index contributed by atoms with van der Waals surface area (Å²) in [5.41, 5.74) is 3.18. The number of hydrogen-bond donors (Lipinski definition) is 2. The molecule has 0 fully saturated rings. The lowest BCUT2D eigenvalue weighted by atomic mass is 10.1. The van der Waals surface area contributed by atoms with Gasteiger partial charge in [0, 0.05) is 5.56 Å². The fourth-order valence-electron chi connectivity index (χ4n) is 2.83. The molecule has 1 atom stereocenters. The SMILES string of the molecule is CCCCOc1ccc(-c2[nH]ncc2C(=O)N[C@H](C)c2ccccc2)cc1. The number of rotatable bonds is 8. The van der Waals surface area contributed by atoms with Gasteiger partial charge in [-0.1, -0.05) is 43.7 Å². The maximum absolute atomic E-state index is 12.7. The second-order valence-electron chi connectivity index (χ2n) is 6.49. The van der Waals surface area contributed by atoms with Gasteiger partial charge in [-0.3, -0.25) is 9.89 Å². The summed E-state index contributed by atoms with van der Waals surface area (Å²) in [6.07, 6.45) is 3.70. The topological polar surface area (TPSA) is 67.0 Å². The first-order valence-electron chi connectivity index (χ1n) is 9.31. The normalized spacial score (nSPS) is 11.8. The number of aromatic amines is 1. The number of amides is 1. The van der Waals surface area contributed by atoms with Crippen LogP contribution < -0.4 is 10.1 Å². The van der Waals surface area contributed by atoms with Gasteiger partial charge < -0.3 is 10.1 Å². The van der Waals surface area contributed by atoms with Gasteiger partial charge in [-0.15, -0.1) is 0 Å². The number of ether oxygens (including phenoxy) is 1. The number of aromatic nitrogens is 2. The van der Waals surface area contributed by atoms with Crippen LogP contribution in [0.1, 0.15) is 48.7 Å². The summed E-state index contributed by atoms with van der Waals surface area (Å²) < 4.78 is 5.69. The Bertz CT molecular complexity index is 857. The molecule has 140 valence electrons. The number of carbonyl (C=O) groups excluding carboxylic acids is 1. The predicted molar refractivity (Wildman–Crippen MR) is 107 cm³/mol. The smallest absolute Gasteiger partial charge is 0.255 e. The van der Waals surface area contributed by atoms with Crippen molar-refractivity contribution in [1.29, 1.82) is 0 Å². The Kier molecular flexibility index (Phi) is 6.26. The molecule has 2 aromatic carbocycles. The standard InChI is InChI=1S/C22H25N3O2/c1-3-4-14-27-19-12-10-18(11-13-19)21-20(15-23-25-21)22(26)24-16(2)17-8-6-5-7-9-17/h5-13,15-16H,3-4,14H2,1-2H3,(H,23,25)(H,24,26)/t16-/m1/s1. The maximum Gasteiger partial charge on any atom is 0.255 e. The van der Waals surface area contributed by atoms with Crippen molar-refractivity contribution in [3.05, 3.63) is 71.9 Å². The zero-order valence-corrected chi connectivity index (χ0v) is 15.7. The van der Waals surface area contributed by atoms with Gasteiger partial charge in [0.2, 0.25) is 0 Å². The Morgan fingerprint density at radius 2 is 1.89 bits per heavy atom. The minimum Gasteiger partial charge on any atom is -0.494 e. The molecule has 1 amide bonds. The summed E-state index contributed by atoms with van der Waals surface area (Å²) in [6, 6.07) is 17.5. The van der Waals surface area contributed by atoms with Gasteiger partial charge in [0.05, 0.1) is 30.1 Å². The Balaban J connectivity index is 1.70. The number of hydrogen-bond acceptors (Lipinski definition) is 3. The van der Waals surface area contributed by atoms with Gasteiger partial charge in [0.15, 0.2) is 0 Å². The van der Waals surface area contributed by atoms with Crippen molar-refractivity contribution in [1.82, 2.24) is 15.5 Å². The number of H-pyrrole nitrogens is 1. The first kappa shape index (κ1) is 18.7. The quantitative estimate of drug-likeness (QED) is 0.568. The van der Waals surface area contributed by atoms with Crippen LogP contribution in [0.2, 0.25) is 0 Å². The van der Waals surface area contributed by atoms with Gasteiger partial charge in [-0.2, -0.15) is 5.10 Å². The van der Waals surface area contributed by atoms with Crippen LogP contribution in [0.25, 0.3) is 11.3 Å². The predicted octanol–water partition coefficient (Wildman–Crippen LogP) is 4.75. The van der Waals surface area contributed by atoms with Crippen LogP contribution in [0, 0.1) is 0 Å². The molecule has 0 radical (unpaired) electrons. The summed E-state index contributed by atoms with van der Waals surface area (Å²) in [5.74, 6) is 0.675. The van der Waals surface area contributed by atoms with Gasteiger partial charge >= 0.3 is 0 Å². The molecule has 0 aliphatic rings. The van der Waals surface area contributed by atoms with Crippen LogP contribution in [-0.2, 0) is 0 Å². The largest absolute Gasteiger partial charge is 0.494 e. The molecule has 0 spiro atoms. The van der Waals surface area contributed by atoms with Crippen molar-refractivity contribution >= 4 is 5.91 Å². The van der Waals surface area contributed by atoms with E-state index in [2.05, 4.69) is 22.4 Å². The minimum atomic E-state index is -0.154. The highest BCUT2D eigenvalue weighted by Crippen LogP contribution is 2.24. The number of nitrogens with zero attached hydrogens (tertiary/aromatic N) is 1. The molecule has 0 saturated heterocycles. The van der Waals surface area contributed by atoms with Crippen molar-refractivity contribution in [2.75, 3.05) is 6.61 Å². The van der Waals surface area contributed by atoms with E-state index >= 15 is 0 Å². The minimum absolute atomic E-state index is 0.0872. The summed E-state index contributed by atoms with van der Waals surface area (Å²) in [4.78, 5) is 12.7. The van der Waals surface area contributed by atoms with Crippen molar-refractivity contribution < 1.29 is 9.53 Å². The van der Waals surface area contributed by atoms with Crippen molar-refractivity contribution in [2.45, 2.75) is 32.7 Å². The Labute approximate surface area is 159 Å². The van der Waals surface area contributed by atoms with Crippen molar-refractivity contribution in [3.8, 4) is 17.0 Å². The Hall–Kier alpha value is -3.08. The third-order valence-corrected chi connectivity index (χ3v) is 4.44. The van der Waals surface area contributed by atoms with Crippen molar-refractivity contribution in [3.63, 3.8) is 0 Å². The van der Waals surface area contributed by atoms with E-state index in [1.54, 1.807) is 6.20 Å². The summed E-state index contributed by atoms with van der Waals surface area (Å²) in [5, 5.41) is 10.0. The zero-order valence-electron chi connectivity index (χ0n) is 15.7. The molecule has 5 nitrogen and oxygen atoms in total. The molecule has 5 heteroatoms. The van der Waals surface area contributed by atoms with E-state index in [4.69, 9.17) is 4.74 Å². The number of benzene rings is 2. The molecule has 3 aromatic rings. The molecule has 1 aromatic heterocycles. The fraction of sp³-hybridized carbons (Fsp3) is 0.273. The van der Waals surface area contributed by atoms with E-state index in [9.17, 15) is 4.79 Å². The highest BCUT2D eigenvalue weighted by Gasteiger charge is 2.17.